The summed E-state index contributed by atoms with van der Waals surface area (Å²) in [7, 11) is 0. The van der Waals surface area contributed by atoms with Crippen molar-refractivity contribution in [1.82, 2.24) is 0 Å². The minimum atomic E-state index is 0.480. The van der Waals surface area contributed by atoms with E-state index in [0.717, 1.165) is 24.0 Å². The SMILES string of the molecule is C=CCOc1c(I)cc(/C=C(/C#N)c2ccc(C)cc2)cc1I. The molecule has 0 aliphatic heterocycles. The fraction of sp³-hybridized carbons (Fsp3) is 0.105. The molecule has 0 aliphatic rings. The minimum Gasteiger partial charge on any atom is -0.487 e. The van der Waals surface area contributed by atoms with Gasteiger partial charge in [-0.05, 0) is 81.4 Å². The molecule has 0 bridgehead atoms. The number of aryl methyl sites for hydroxylation is 1. The number of hydrogen-bond acceptors (Lipinski definition) is 2. The Balaban J connectivity index is 2.39. The normalized spacial score (nSPS) is 11.0. The average molecular weight is 527 g/mol. The molecule has 2 rings (SSSR count). The Morgan fingerprint density at radius 1 is 1.22 bits per heavy atom. The maximum atomic E-state index is 9.46. The van der Waals surface area contributed by atoms with Crippen LogP contribution in [0.4, 0.5) is 0 Å². The summed E-state index contributed by atoms with van der Waals surface area (Å²) in [5.74, 6) is 0.858. The molecule has 23 heavy (non-hydrogen) atoms. The van der Waals surface area contributed by atoms with Crippen molar-refractivity contribution in [2.45, 2.75) is 6.92 Å². The van der Waals surface area contributed by atoms with Gasteiger partial charge in [0.25, 0.3) is 0 Å². The van der Waals surface area contributed by atoms with Gasteiger partial charge >= 0.3 is 0 Å². The summed E-state index contributed by atoms with van der Waals surface area (Å²) >= 11 is 4.51. The monoisotopic (exact) mass is 527 g/mol. The first-order valence-electron chi connectivity index (χ1n) is 6.96. The third-order valence-corrected chi connectivity index (χ3v) is 4.76. The quantitative estimate of drug-likeness (QED) is 0.212. The highest BCUT2D eigenvalue weighted by molar-refractivity contribution is 14.1. The average Bonchev–Trinajstić information content (AvgIpc) is 2.53. The van der Waals surface area contributed by atoms with Crippen molar-refractivity contribution in [3.8, 4) is 11.8 Å². The fourth-order valence-corrected chi connectivity index (χ4v) is 4.15. The van der Waals surface area contributed by atoms with Crippen molar-refractivity contribution in [2.24, 2.45) is 0 Å². The van der Waals surface area contributed by atoms with Gasteiger partial charge in [0.2, 0.25) is 0 Å². The van der Waals surface area contributed by atoms with Crippen molar-refractivity contribution in [3.05, 3.63) is 72.9 Å². The van der Waals surface area contributed by atoms with Gasteiger partial charge in [0, 0.05) is 0 Å². The summed E-state index contributed by atoms with van der Waals surface area (Å²) in [4.78, 5) is 0. The standard InChI is InChI=1S/C19H15I2NO/c1-3-8-23-19-17(20)10-14(11-18(19)21)9-16(12-22)15-6-4-13(2)5-7-15/h3-7,9-11H,1,8H2,2H3/b16-9-. The first-order chi connectivity index (χ1) is 11.0. The lowest BCUT2D eigenvalue weighted by atomic mass is 10.0. The van der Waals surface area contributed by atoms with Gasteiger partial charge in [0.1, 0.15) is 12.4 Å². The van der Waals surface area contributed by atoms with Crippen LogP contribution >= 0.6 is 45.2 Å². The van der Waals surface area contributed by atoms with Crippen molar-refractivity contribution in [2.75, 3.05) is 6.61 Å². The van der Waals surface area contributed by atoms with E-state index in [0.29, 0.717) is 12.2 Å². The molecule has 0 amide bonds. The Kier molecular flexibility index (Phi) is 6.66. The summed E-state index contributed by atoms with van der Waals surface area (Å²) < 4.78 is 7.72. The molecule has 0 N–H and O–H groups in total. The summed E-state index contributed by atoms with van der Waals surface area (Å²) in [5, 5.41) is 9.46. The molecule has 0 aromatic heterocycles. The van der Waals surface area contributed by atoms with Gasteiger partial charge in [-0.15, -0.1) is 0 Å². The number of halogens is 2. The molecule has 0 saturated heterocycles. The predicted octanol–water partition coefficient (Wildman–Crippen LogP) is 5.83. The highest BCUT2D eigenvalue weighted by atomic mass is 127. The van der Waals surface area contributed by atoms with Gasteiger partial charge in [-0.3, -0.25) is 0 Å². The van der Waals surface area contributed by atoms with Crippen LogP contribution in [0.25, 0.3) is 11.6 Å². The summed E-state index contributed by atoms with van der Waals surface area (Å²) in [6.07, 6.45) is 3.64. The highest BCUT2D eigenvalue weighted by Crippen LogP contribution is 2.30. The molecule has 0 aliphatic carbocycles. The second-order valence-corrected chi connectivity index (χ2v) is 7.27. The fourth-order valence-electron chi connectivity index (χ4n) is 2.02. The maximum Gasteiger partial charge on any atom is 0.146 e. The molecule has 2 aromatic carbocycles. The van der Waals surface area contributed by atoms with Crippen LogP contribution in [0.1, 0.15) is 16.7 Å². The van der Waals surface area contributed by atoms with Crippen LogP contribution in [-0.2, 0) is 0 Å². The molecule has 2 aromatic rings. The summed E-state index contributed by atoms with van der Waals surface area (Å²) in [5.41, 5.74) is 3.74. The molecule has 0 fully saturated rings. The number of hydrogen-bond donors (Lipinski definition) is 0. The van der Waals surface area contributed by atoms with E-state index in [9.17, 15) is 5.26 Å². The predicted molar refractivity (Wildman–Crippen MR) is 112 cm³/mol. The van der Waals surface area contributed by atoms with Crippen LogP contribution in [0.3, 0.4) is 0 Å². The molecule has 0 radical (unpaired) electrons. The van der Waals surface area contributed by atoms with Gasteiger partial charge in [-0.2, -0.15) is 5.26 Å². The van der Waals surface area contributed by atoms with E-state index in [2.05, 4.69) is 57.8 Å². The van der Waals surface area contributed by atoms with E-state index in [4.69, 9.17) is 4.74 Å². The van der Waals surface area contributed by atoms with Gasteiger partial charge in [0.05, 0.1) is 18.8 Å². The topological polar surface area (TPSA) is 33.0 Å². The van der Waals surface area contributed by atoms with Crippen LogP contribution in [0.15, 0.2) is 49.1 Å². The number of nitriles is 1. The molecular weight excluding hydrogens is 512 g/mol. The number of benzene rings is 2. The number of rotatable bonds is 5. The second-order valence-electron chi connectivity index (χ2n) is 4.95. The summed E-state index contributed by atoms with van der Waals surface area (Å²) in [6, 6.07) is 14.3. The molecule has 2 nitrogen and oxygen atoms in total. The van der Waals surface area contributed by atoms with Crippen LogP contribution < -0.4 is 4.74 Å². The van der Waals surface area contributed by atoms with E-state index in [1.165, 1.54) is 5.56 Å². The van der Waals surface area contributed by atoms with Crippen LogP contribution in [0, 0.1) is 25.4 Å². The van der Waals surface area contributed by atoms with Gasteiger partial charge in [-0.25, -0.2) is 0 Å². The Labute approximate surface area is 164 Å². The molecule has 0 unspecified atom stereocenters. The lowest BCUT2D eigenvalue weighted by Crippen LogP contribution is -1.98. The largest absolute Gasteiger partial charge is 0.487 e. The Bertz CT molecular complexity index is 763. The smallest absolute Gasteiger partial charge is 0.146 e. The lowest BCUT2D eigenvalue weighted by molar-refractivity contribution is 0.358. The molecule has 0 heterocycles. The zero-order chi connectivity index (χ0) is 16.8. The van der Waals surface area contributed by atoms with E-state index < -0.39 is 0 Å². The van der Waals surface area contributed by atoms with Crippen LogP contribution in [0.5, 0.6) is 5.75 Å². The summed E-state index contributed by atoms with van der Waals surface area (Å²) in [6.45, 7) is 6.18. The molecular formula is C19H15I2NO. The van der Waals surface area contributed by atoms with Crippen molar-refractivity contribution < 1.29 is 4.74 Å². The van der Waals surface area contributed by atoms with Gasteiger partial charge in [-0.1, -0.05) is 42.5 Å². The van der Waals surface area contributed by atoms with E-state index in [1.54, 1.807) is 6.08 Å². The third-order valence-electron chi connectivity index (χ3n) is 3.16. The van der Waals surface area contributed by atoms with Crippen molar-refractivity contribution >= 4 is 56.8 Å². The Morgan fingerprint density at radius 3 is 2.35 bits per heavy atom. The molecule has 0 atom stereocenters. The molecule has 0 spiro atoms. The van der Waals surface area contributed by atoms with Gasteiger partial charge < -0.3 is 4.74 Å². The first-order valence-corrected chi connectivity index (χ1v) is 9.12. The molecule has 0 saturated carbocycles. The Morgan fingerprint density at radius 2 is 1.83 bits per heavy atom. The highest BCUT2D eigenvalue weighted by Gasteiger charge is 2.09. The maximum absolute atomic E-state index is 9.46. The first kappa shape index (κ1) is 18.0. The minimum absolute atomic E-state index is 0.480. The zero-order valence-corrected chi connectivity index (χ0v) is 17.0. The second kappa shape index (κ2) is 8.50. The zero-order valence-electron chi connectivity index (χ0n) is 12.6. The number of allylic oxidation sites excluding steroid dienone is 1. The van der Waals surface area contributed by atoms with E-state index >= 15 is 0 Å². The van der Waals surface area contributed by atoms with Crippen LogP contribution in [0.2, 0.25) is 0 Å². The van der Waals surface area contributed by atoms with E-state index in [1.807, 2.05) is 49.4 Å². The van der Waals surface area contributed by atoms with Crippen LogP contribution in [-0.4, -0.2) is 6.61 Å². The lowest BCUT2D eigenvalue weighted by Gasteiger charge is -2.10. The molecule has 116 valence electrons. The Hall–Kier alpha value is -1.33. The van der Waals surface area contributed by atoms with Crippen molar-refractivity contribution in [3.63, 3.8) is 0 Å². The van der Waals surface area contributed by atoms with Gasteiger partial charge in [0.15, 0.2) is 0 Å². The van der Waals surface area contributed by atoms with E-state index in [-0.39, 0.29) is 0 Å². The third kappa shape index (κ3) is 4.82. The number of nitrogens with zero attached hydrogens (tertiary/aromatic N) is 1. The number of ether oxygens (including phenoxy) is 1. The molecule has 4 heteroatoms. The van der Waals surface area contributed by atoms with Crippen molar-refractivity contribution in [1.29, 1.82) is 5.26 Å².